The minimum absolute atomic E-state index is 0.114. The molecule has 1 aliphatic heterocycles. The molecule has 0 spiro atoms. The Labute approximate surface area is 114 Å². The number of nitrogens with zero attached hydrogens (tertiary/aromatic N) is 1. The highest BCUT2D eigenvalue weighted by Crippen LogP contribution is 2.26. The molecule has 0 bridgehead atoms. The molecule has 0 saturated carbocycles. The number of benzene rings is 1. The van der Waals surface area contributed by atoms with Crippen molar-refractivity contribution in [1.82, 2.24) is 5.32 Å². The monoisotopic (exact) mass is 262 g/mol. The average molecular weight is 262 g/mol. The minimum Gasteiger partial charge on any atom is -0.497 e. The van der Waals surface area contributed by atoms with Gasteiger partial charge in [0.25, 0.3) is 0 Å². The lowest BCUT2D eigenvalue weighted by atomic mass is 10.0. The van der Waals surface area contributed by atoms with Crippen molar-refractivity contribution >= 4 is 11.6 Å². The van der Waals surface area contributed by atoms with E-state index >= 15 is 0 Å². The molecule has 0 radical (unpaired) electrons. The SMILES string of the molecule is COc1ccc(N2C(=O)C(C)(C)NCCC2C)cc1. The van der Waals surface area contributed by atoms with Crippen LogP contribution in [-0.4, -0.2) is 31.1 Å². The van der Waals surface area contributed by atoms with Gasteiger partial charge in [0.2, 0.25) is 5.91 Å². The van der Waals surface area contributed by atoms with E-state index in [1.807, 2.05) is 43.0 Å². The standard InChI is InChI=1S/C15H22N2O2/c1-11-9-10-16-15(2,3)14(18)17(11)12-5-7-13(19-4)8-6-12/h5-8,11,16H,9-10H2,1-4H3. The summed E-state index contributed by atoms with van der Waals surface area (Å²) in [7, 11) is 1.64. The van der Waals surface area contributed by atoms with Gasteiger partial charge in [-0.3, -0.25) is 4.79 Å². The maximum absolute atomic E-state index is 12.7. The van der Waals surface area contributed by atoms with Crippen LogP contribution in [0.1, 0.15) is 27.2 Å². The third kappa shape index (κ3) is 2.73. The Balaban J connectivity index is 2.35. The van der Waals surface area contributed by atoms with Crippen molar-refractivity contribution in [3.8, 4) is 5.75 Å². The summed E-state index contributed by atoms with van der Waals surface area (Å²) in [6, 6.07) is 7.85. The number of amides is 1. The van der Waals surface area contributed by atoms with E-state index in [4.69, 9.17) is 4.74 Å². The van der Waals surface area contributed by atoms with Gasteiger partial charge in [0.15, 0.2) is 0 Å². The summed E-state index contributed by atoms with van der Waals surface area (Å²) >= 11 is 0. The van der Waals surface area contributed by atoms with E-state index in [0.717, 1.165) is 24.4 Å². The van der Waals surface area contributed by atoms with Gasteiger partial charge in [-0.05, 0) is 58.0 Å². The quantitative estimate of drug-likeness (QED) is 0.888. The minimum atomic E-state index is -0.523. The van der Waals surface area contributed by atoms with Crippen LogP contribution in [0.2, 0.25) is 0 Å². The molecule has 1 N–H and O–H groups in total. The van der Waals surface area contributed by atoms with Crippen LogP contribution in [0.25, 0.3) is 0 Å². The largest absolute Gasteiger partial charge is 0.497 e. The summed E-state index contributed by atoms with van der Waals surface area (Å²) in [4.78, 5) is 14.6. The number of carbonyl (C=O) groups is 1. The highest BCUT2D eigenvalue weighted by Gasteiger charge is 2.37. The molecule has 1 aromatic rings. The second-order valence-electron chi connectivity index (χ2n) is 5.56. The predicted octanol–water partition coefficient (Wildman–Crippen LogP) is 2.19. The zero-order valence-electron chi connectivity index (χ0n) is 12.1. The zero-order valence-corrected chi connectivity index (χ0v) is 12.1. The van der Waals surface area contributed by atoms with Crippen molar-refractivity contribution in [3.63, 3.8) is 0 Å². The molecule has 0 aromatic heterocycles. The van der Waals surface area contributed by atoms with Crippen LogP contribution in [-0.2, 0) is 4.79 Å². The Morgan fingerprint density at radius 1 is 1.32 bits per heavy atom. The van der Waals surface area contributed by atoms with E-state index in [2.05, 4.69) is 12.2 Å². The molecule has 1 aliphatic rings. The normalized spacial score (nSPS) is 23.1. The summed E-state index contributed by atoms with van der Waals surface area (Å²) in [5.74, 6) is 0.915. The van der Waals surface area contributed by atoms with E-state index in [0.29, 0.717) is 0 Å². The van der Waals surface area contributed by atoms with E-state index in [-0.39, 0.29) is 11.9 Å². The first-order valence-corrected chi connectivity index (χ1v) is 6.68. The van der Waals surface area contributed by atoms with Gasteiger partial charge < -0.3 is 15.0 Å². The van der Waals surface area contributed by atoms with Crippen molar-refractivity contribution in [3.05, 3.63) is 24.3 Å². The summed E-state index contributed by atoms with van der Waals surface area (Å²) in [6.45, 7) is 6.81. The number of anilines is 1. The van der Waals surface area contributed by atoms with Gasteiger partial charge in [-0.1, -0.05) is 0 Å². The maximum Gasteiger partial charge on any atom is 0.246 e. The molecule has 1 aromatic carbocycles. The fourth-order valence-electron chi connectivity index (χ4n) is 2.41. The lowest BCUT2D eigenvalue weighted by Gasteiger charge is -2.32. The van der Waals surface area contributed by atoms with E-state index < -0.39 is 5.54 Å². The van der Waals surface area contributed by atoms with Gasteiger partial charge in [0.1, 0.15) is 5.75 Å². The fraction of sp³-hybridized carbons (Fsp3) is 0.533. The van der Waals surface area contributed by atoms with Crippen LogP contribution in [0.15, 0.2) is 24.3 Å². The molecular weight excluding hydrogens is 240 g/mol. The van der Waals surface area contributed by atoms with Gasteiger partial charge in [0, 0.05) is 11.7 Å². The Hall–Kier alpha value is -1.55. The Bertz CT molecular complexity index is 454. The average Bonchev–Trinajstić information content (AvgIpc) is 2.48. The third-order valence-corrected chi connectivity index (χ3v) is 3.67. The molecule has 1 fully saturated rings. The van der Waals surface area contributed by atoms with Crippen LogP contribution in [0.4, 0.5) is 5.69 Å². The number of ether oxygens (including phenoxy) is 1. The first-order valence-electron chi connectivity index (χ1n) is 6.68. The topological polar surface area (TPSA) is 41.6 Å². The summed E-state index contributed by atoms with van der Waals surface area (Å²) < 4.78 is 5.16. The van der Waals surface area contributed by atoms with E-state index in [9.17, 15) is 4.79 Å². The molecular formula is C15H22N2O2. The van der Waals surface area contributed by atoms with Crippen molar-refractivity contribution in [2.24, 2.45) is 0 Å². The van der Waals surface area contributed by atoms with E-state index in [1.165, 1.54) is 0 Å². The number of rotatable bonds is 2. The lowest BCUT2D eigenvalue weighted by molar-refractivity contribution is -0.123. The van der Waals surface area contributed by atoms with Crippen LogP contribution >= 0.6 is 0 Å². The molecule has 1 unspecified atom stereocenters. The molecule has 104 valence electrons. The van der Waals surface area contributed by atoms with Gasteiger partial charge in [-0.2, -0.15) is 0 Å². The third-order valence-electron chi connectivity index (χ3n) is 3.67. The van der Waals surface area contributed by atoms with Crippen molar-refractivity contribution in [2.75, 3.05) is 18.6 Å². The number of carbonyl (C=O) groups excluding carboxylic acids is 1. The number of hydrogen-bond acceptors (Lipinski definition) is 3. The molecule has 1 heterocycles. The lowest BCUT2D eigenvalue weighted by Crippen LogP contribution is -2.53. The number of hydrogen-bond donors (Lipinski definition) is 1. The molecule has 1 atom stereocenters. The number of nitrogens with one attached hydrogen (secondary N) is 1. The second-order valence-corrected chi connectivity index (χ2v) is 5.56. The Morgan fingerprint density at radius 2 is 1.95 bits per heavy atom. The van der Waals surface area contributed by atoms with Crippen molar-refractivity contribution in [2.45, 2.75) is 38.8 Å². The van der Waals surface area contributed by atoms with Crippen LogP contribution in [0.5, 0.6) is 5.75 Å². The van der Waals surface area contributed by atoms with Gasteiger partial charge in [-0.25, -0.2) is 0 Å². The Kier molecular flexibility index (Phi) is 3.80. The second kappa shape index (κ2) is 5.21. The summed E-state index contributed by atoms with van der Waals surface area (Å²) in [6.07, 6.45) is 0.946. The van der Waals surface area contributed by atoms with Crippen LogP contribution < -0.4 is 15.0 Å². The van der Waals surface area contributed by atoms with Gasteiger partial charge >= 0.3 is 0 Å². The predicted molar refractivity (Wildman–Crippen MR) is 76.6 cm³/mol. The zero-order chi connectivity index (χ0) is 14.0. The first kappa shape index (κ1) is 13.9. The summed E-state index contributed by atoms with van der Waals surface area (Å²) in [5.41, 5.74) is 0.403. The molecule has 2 rings (SSSR count). The summed E-state index contributed by atoms with van der Waals surface area (Å²) in [5, 5.41) is 3.31. The Morgan fingerprint density at radius 3 is 2.53 bits per heavy atom. The molecule has 1 amide bonds. The van der Waals surface area contributed by atoms with Gasteiger partial charge in [-0.15, -0.1) is 0 Å². The molecule has 4 nitrogen and oxygen atoms in total. The van der Waals surface area contributed by atoms with Crippen molar-refractivity contribution in [1.29, 1.82) is 0 Å². The smallest absolute Gasteiger partial charge is 0.246 e. The maximum atomic E-state index is 12.7. The van der Waals surface area contributed by atoms with E-state index in [1.54, 1.807) is 7.11 Å². The molecule has 1 saturated heterocycles. The highest BCUT2D eigenvalue weighted by atomic mass is 16.5. The molecule has 19 heavy (non-hydrogen) atoms. The van der Waals surface area contributed by atoms with Crippen LogP contribution in [0.3, 0.4) is 0 Å². The molecule has 0 aliphatic carbocycles. The number of methoxy groups -OCH3 is 1. The van der Waals surface area contributed by atoms with Crippen LogP contribution in [0, 0.1) is 0 Å². The first-order chi connectivity index (χ1) is 8.95. The van der Waals surface area contributed by atoms with Crippen molar-refractivity contribution < 1.29 is 9.53 Å². The van der Waals surface area contributed by atoms with Gasteiger partial charge in [0.05, 0.1) is 12.6 Å². The molecule has 4 heteroatoms. The fourth-order valence-corrected chi connectivity index (χ4v) is 2.41. The highest BCUT2D eigenvalue weighted by molar-refractivity contribution is 6.00.